The first-order chi connectivity index (χ1) is 6.36. The van der Waals surface area contributed by atoms with E-state index >= 15 is 0 Å². The quantitative estimate of drug-likeness (QED) is 0.528. The minimum absolute atomic E-state index is 0.252. The Kier molecular flexibility index (Phi) is 4.91. The van der Waals surface area contributed by atoms with Crippen LogP contribution in [0.25, 0.3) is 0 Å². The summed E-state index contributed by atoms with van der Waals surface area (Å²) >= 11 is 0. The molecular weight excluding hydrogens is 176 g/mol. The topological polar surface area (TPSA) is 65.5 Å². The highest BCUT2D eigenvalue weighted by atomic mass is 15.2. The normalized spacial score (nSPS) is 11.6. The third-order valence-corrected chi connectivity index (χ3v) is 1.84. The van der Waals surface area contributed by atoms with Crippen LogP contribution in [0, 0.1) is 11.3 Å². The van der Waals surface area contributed by atoms with Crippen molar-refractivity contribution in [2.75, 3.05) is 13.7 Å². The van der Waals surface area contributed by atoms with E-state index in [0.29, 0.717) is 18.3 Å². The maximum absolute atomic E-state index is 7.62. The largest absolute Gasteiger partial charge is 0.387 e. The van der Waals surface area contributed by atoms with Crippen LogP contribution in [0.1, 0.15) is 20.8 Å². The SMILES string of the molecule is C=C(C)C(=N)N(C)CN=C(N)C(C)C. The van der Waals surface area contributed by atoms with Gasteiger partial charge < -0.3 is 10.6 Å². The zero-order valence-electron chi connectivity index (χ0n) is 9.46. The Balaban J connectivity index is 4.21. The fourth-order valence-corrected chi connectivity index (χ4v) is 0.767. The third-order valence-electron chi connectivity index (χ3n) is 1.84. The highest BCUT2D eigenvalue weighted by Crippen LogP contribution is 1.97. The number of rotatable bonds is 4. The number of hydrogen-bond donors (Lipinski definition) is 2. The number of nitrogens with two attached hydrogens (primary N) is 1. The van der Waals surface area contributed by atoms with E-state index in [1.54, 1.807) is 18.9 Å². The number of aliphatic imine (C=N–C) groups is 1. The Hall–Kier alpha value is -1.32. The molecule has 4 heteroatoms. The lowest BCUT2D eigenvalue weighted by Gasteiger charge is -2.18. The number of likely N-dealkylation sites (N-methyl/N-ethyl adjacent to an activating group) is 1. The summed E-state index contributed by atoms with van der Waals surface area (Å²) in [5, 5.41) is 7.62. The Morgan fingerprint density at radius 2 is 2.07 bits per heavy atom. The van der Waals surface area contributed by atoms with Gasteiger partial charge in [-0.2, -0.15) is 0 Å². The van der Waals surface area contributed by atoms with Crippen molar-refractivity contribution >= 4 is 11.7 Å². The summed E-state index contributed by atoms with van der Waals surface area (Å²) in [4.78, 5) is 5.87. The second kappa shape index (κ2) is 5.42. The van der Waals surface area contributed by atoms with Crippen LogP contribution in [0.4, 0.5) is 0 Å². The zero-order valence-corrected chi connectivity index (χ0v) is 9.46. The van der Waals surface area contributed by atoms with Crippen LogP contribution >= 0.6 is 0 Å². The lowest BCUT2D eigenvalue weighted by atomic mass is 10.2. The molecule has 0 rings (SSSR count). The molecule has 0 aromatic carbocycles. The summed E-state index contributed by atoms with van der Waals surface area (Å²) in [6, 6.07) is 0. The predicted molar refractivity (Wildman–Crippen MR) is 61.6 cm³/mol. The molecule has 14 heavy (non-hydrogen) atoms. The number of nitrogens with one attached hydrogen (secondary N) is 1. The molecule has 4 nitrogen and oxygen atoms in total. The standard InChI is InChI=1S/C10H20N4/c1-7(2)9(11)13-6-14(5)10(12)8(3)4/h7,12H,3,6H2,1-2,4-5H3,(H2,11,13). The molecule has 0 spiro atoms. The van der Waals surface area contributed by atoms with Gasteiger partial charge in [0.05, 0.1) is 5.84 Å². The molecule has 0 aliphatic carbocycles. The Bertz CT molecular complexity index is 253. The van der Waals surface area contributed by atoms with Gasteiger partial charge in [0.25, 0.3) is 0 Å². The number of hydrogen-bond acceptors (Lipinski definition) is 2. The van der Waals surface area contributed by atoms with E-state index in [4.69, 9.17) is 11.1 Å². The van der Waals surface area contributed by atoms with E-state index in [-0.39, 0.29) is 5.92 Å². The van der Waals surface area contributed by atoms with Crippen molar-refractivity contribution in [3.05, 3.63) is 12.2 Å². The highest BCUT2D eigenvalue weighted by Gasteiger charge is 2.04. The van der Waals surface area contributed by atoms with Gasteiger partial charge in [-0.15, -0.1) is 0 Å². The van der Waals surface area contributed by atoms with Gasteiger partial charge in [0.15, 0.2) is 0 Å². The third kappa shape index (κ3) is 4.07. The molecule has 0 aliphatic heterocycles. The van der Waals surface area contributed by atoms with E-state index in [9.17, 15) is 0 Å². The summed E-state index contributed by atoms with van der Waals surface area (Å²) in [6.07, 6.45) is 0. The molecule has 0 saturated carbocycles. The molecular formula is C10H20N4. The Morgan fingerprint density at radius 1 is 1.57 bits per heavy atom. The van der Waals surface area contributed by atoms with Crippen LogP contribution in [-0.4, -0.2) is 30.3 Å². The summed E-state index contributed by atoms with van der Waals surface area (Å²) in [5.41, 5.74) is 6.40. The molecule has 0 fully saturated rings. The number of amidine groups is 2. The van der Waals surface area contributed by atoms with E-state index < -0.39 is 0 Å². The van der Waals surface area contributed by atoms with Crippen molar-refractivity contribution in [2.24, 2.45) is 16.6 Å². The van der Waals surface area contributed by atoms with E-state index in [2.05, 4.69) is 11.6 Å². The van der Waals surface area contributed by atoms with Crippen LogP contribution in [0.2, 0.25) is 0 Å². The van der Waals surface area contributed by atoms with Crippen LogP contribution in [0.3, 0.4) is 0 Å². The van der Waals surface area contributed by atoms with Crippen molar-refractivity contribution in [2.45, 2.75) is 20.8 Å². The van der Waals surface area contributed by atoms with Gasteiger partial charge in [0, 0.05) is 13.0 Å². The molecule has 80 valence electrons. The van der Waals surface area contributed by atoms with Crippen molar-refractivity contribution in [1.29, 1.82) is 5.41 Å². The highest BCUT2D eigenvalue weighted by molar-refractivity contribution is 5.94. The molecule has 0 aliphatic rings. The monoisotopic (exact) mass is 196 g/mol. The molecule has 0 radical (unpaired) electrons. The van der Waals surface area contributed by atoms with Gasteiger partial charge in [0.1, 0.15) is 12.5 Å². The predicted octanol–water partition coefficient (Wildman–Crippen LogP) is 1.44. The molecule has 3 N–H and O–H groups in total. The average Bonchev–Trinajstić information content (AvgIpc) is 2.11. The van der Waals surface area contributed by atoms with Gasteiger partial charge in [-0.25, -0.2) is 0 Å². The van der Waals surface area contributed by atoms with Crippen molar-refractivity contribution in [1.82, 2.24) is 4.90 Å². The molecule has 0 aromatic rings. The minimum Gasteiger partial charge on any atom is -0.387 e. The van der Waals surface area contributed by atoms with Crippen molar-refractivity contribution < 1.29 is 0 Å². The molecule has 0 atom stereocenters. The zero-order chi connectivity index (χ0) is 11.3. The van der Waals surface area contributed by atoms with Crippen LogP contribution in [0.15, 0.2) is 17.1 Å². The summed E-state index contributed by atoms with van der Waals surface area (Å²) in [7, 11) is 1.80. The minimum atomic E-state index is 0.252. The molecule has 0 bridgehead atoms. The first-order valence-electron chi connectivity index (χ1n) is 4.61. The van der Waals surface area contributed by atoms with E-state index in [1.807, 2.05) is 13.8 Å². The number of nitrogens with zero attached hydrogens (tertiary/aromatic N) is 2. The van der Waals surface area contributed by atoms with Crippen LogP contribution < -0.4 is 5.73 Å². The van der Waals surface area contributed by atoms with Gasteiger partial charge in [-0.05, 0) is 12.5 Å². The van der Waals surface area contributed by atoms with Gasteiger partial charge >= 0.3 is 0 Å². The Labute approximate surface area is 86.0 Å². The molecule has 0 aromatic heterocycles. The first-order valence-corrected chi connectivity index (χ1v) is 4.61. The second-order valence-corrected chi connectivity index (χ2v) is 3.71. The first kappa shape index (κ1) is 12.7. The second-order valence-electron chi connectivity index (χ2n) is 3.71. The van der Waals surface area contributed by atoms with Gasteiger partial charge in [-0.3, -0.25) is 10.4 Å². The fourth-order valence-electron chi connectivity index (χ4n) is 0.767. The van der Waals surface area contributed by atoms with Crippen molar-refractivity contribution in [3.8, 4) is 0 Å². The maximum Gasteiger partial charge on any atom is 0.124 e. The summed E-state index contributed by atoms with van der Waals surface area (Å²) in [5.74, 6) is 1.26. The smallest absolute Gasteiger partial charge is 0.124 e. The van der Waals surface area contributed by atoms with Gasteiger partial charge in [0.2, 0.25) is 0 Å². The molecule has 0 amide bonds. The average molecular weight is 196 g/mol. The van der Waals surface area contributed by atoms with Gasteiger partial charge in [-0.1, -0.05) is 20.4 Å². The molecule has 0 unspecified atom stereocenters. The lowest BCUT2D eigenvalue weighted by molar-refractivity contribution is 0.517. The fraction of sp³-hybridized carbons (Fsp3) is 0.600. The van der Waals surface area contributed by atoms with Crippen LogP contribution in [-0.2, 0) is 0 Å². The van der Waals surface area contributed by atoms with E-state index in [1.165, 1.54) is 0 Å². The van der Waals surface area contributed by atoms with E-state index in [0.717, 1.165) is 5.57 Å². The summed E-state index contributed by atoms with van der Waals surface area (Å²) < 4.78 is 0. The van der Waals surface area contributed by atoms with Crippen molar-refractivity contribution in [3.63, 3.8) is 0 Å². The molecule has 0 saturated heterocycles. The maximum atomic E-state index is 7.62. The Morgan fingerprint density at radius 3 is 2.43 bits per heavy atom. The van der Waals surface area contributed by atoms with Crippen LogP contribution in [0.5, 0.6) is 0 Å². The molecule has 0 heterocycles. The lowest BCUT2D eigenvalue weighted by Crippen LogP contribution is -2.29. The summed E-state index contributed by atoms with van der Waals surface area (Å²) in [6.45, 7) is 9.88.